The molecule has 2 heterocycles. The molecule has 2 amide bonds. The Morgan fingerprint density at radius 3 is 3.08 bits per heavy atom. The Balaban J connectivity index is 1.65. The Morgan fingerprint density at radius 2 is 2.29 bits per heavy atom. The van der Waals surface area contributed by atoms with Crippen LogP contribution in [0.15, 0.2) is 36.9 Å². The van der Waals surface area contributed by atoms with Crippen molar-refractivity contribution in [3.63, 3.8) is 0 Å². The van der Waals surface area contributed by atoms with Crippen LogP contribution in [0.2, 0.25) is 0 Å². The van der Waals surface area contributed by atoms with Crippen LogP contribution in [0.3, 0.4) is 0 Å². The molecule has 1 N–H and O–H groups in total. The highest BCUT2D eigenvalue weighted by atomic mass is 19.1. The van der Waals surface area contributed by atoms with Gasteiger partial charge < -0.3 is 14.8 Å². The van der Waals surface area contributed by atoms with Gasteiger partial charge in [-0.25, -0.2) is 14.2 Å². The van der Waals surface area contributed by atoms with Crippen molar-refractivity contribution in [2.24, 2.45) is 0 Å². The highest BCUT2D eigenvalue weighted by Crippen LogP contribution is 2.23. The molecule has 3 rings (SSSR count). The number of hydrogen-bond donors (Lipinski definition) is 1. The van der Waals surface area contributed by atoms with E-state index in [-0.39, 0.29) is 17.9 Å². The number of nitrogens with zero attached hydrogens (tertiary/aromatic N) is 3. The molecule has 2 aromatic rings. The van der Waals surface area contributed by atoms with Gasteiger partial charge in [0.15, 0.2) is 0 Å². The van der Waals surface area contributed by atoms with Crippen molar-refractivity contribution in [3.05, 3.63) is 48.3 Å². The average molecular weight is 330 g/mol. The fourth-order valence-corrected chi connectivity index (χ4v) is 3.20. The van der Waals surface area contributed by atoms with Crippen LogP contribution >= 0.6 is 0 Å². The molecule has 0 bridgehead atoms. The second kappa shape index (κ2) is 7.47. The van der Waals surface area contributed by atoms with Gasteiger partial charge in [0.25, 0.3) is 0 Å². The molecule has 128 valence electrons. The fourth-order valence-electron chi connectivity index (χ4n) is 3.20. The van der Waals surface area contributed by atoms with E-state index in [0.29, 0.717) is 5.69 Å². The Kier molecular flexibility index (Phi) is 5.13. The summed E-state index contributed by atoms with van der Waals surface area (Å²) in [6.45, 7) is 3.45. The normalized spacial score (nSPS) is 17.8. The molecule has 1 aromatic heterocycles. The predicted molar refractivity (Wildman–Crippen MR) is 91.3 cm³/mol. The van der Waals surface area contributed by atoms with Gasteiger partial charge in [-0.15, -0.1) is 0 Å². The van der Waals surface area contributed by atoms with Gasteiger partial charge >= 0.3 is 6.03 Å². The number of likely N-dealkylation sites (tertiary alicyclic amines) is 1. The second-order valence-corrected chi connectivity index (χ2v) is 6.32. The minimum atomic E-state index is -0.341. The van der Waals surface area contributed by atoms with Gasteiger partial charge in [0.05, 0.1) is 6.33 Å². The van der Waals surface area contributed by atoms with Crippen LogP contribution < -0.4 is 5.32 Å². The van der Waals surface area contributed by atoms with Gasteiger partial charge in [0, 0.05) is 37.2 Å². The Bertz CT molecular complexity index is 686. The average Bonchev–Trinajstić information content (AvgIpc) is 3.10. The Labute approximate surface area is 141 Å². The number of hydrogen-bond acceptors (Lipinski definition) is 2. The SMILES string of the molecule is Cc1ccc(F)cc1NC(=O)N1CCCCC1CCn1ccnc1. The third kappa shape index (κ3) is 3.93. The number of carbonyl (C=O) groups is 1. The van der Waals surface area contributed by atoms with Crippen LogP contribution in [-0.4, -0.2) is 33.1 Å². The molecule has 0 saturated carbocycles. The molecular weight excluding hydrogens is 307 g/mol. The zero-order valence-corrected chi connectivity index (χ0v) is 13.9. The van der Waals surface area contributed by atoms with E-state index in [0.717, 1.165) is 44.3 Å². The molecule has 1 unspecified atom stereocenters. The molecule has 0 aliphatic carbocycles. The standard InChI is InChI=1S/C18H23FN4O/c1-14-5-6-15(19)12-17(14)21-18(24)23-9-3-2-4-16(23)7-10-22-11-8-20-13-22/h5-6,8,11-13,16H,2-4,7,9-10H2,1H3,(H,21,24). The van der Waals surface area contributed by atoms with Crippen LogP contribution in [0.1, 0.15) is 31.2 Å². The van der Waals surface area contributed by atoms with E-state index in [1.807, 2.05) is 22.6 Å². The summed E-state index contributed by atoms with van der Waals surface area (Å²) in [4.78, 5) is 18.6. The van der Waals surface area contributed by atoms with Crippen molar-refractivity contribution in [2.75, 3.05) is 11.9 Å². The smallest absolute Gasteiger partial charge is 0.322 e. The third-order valence-corrected chi connectivity index (χ3v) is 4.61. The van der Waals surface area contributed by atoms with Crippen molar-refractivity contribution in [2.45, 2.75) is 45.2 Å². The van der Waals surface area contributed by atoms with Gasteiger partial charge in [-0.3, -0.25) is 0 Å². The van der Waals surface area contributed by atoms with E-state index in [1.165, 1.54) is 12.1 Å². The van der Waals surface area contributed by atoms with Gasteiger partial charge in [-0.05, 0) is 50.3 Å². The summed E-state index contributed by atoms with van der Waals surface area (Å²) in [6, 6.07) is 4.52. The van der Waals surface area contributed by atoms with Crippen molar-refractivity contribution in [1.29, 1.82) is 0 Å². The number of carbonyl (C=O) groups excluding carboxylic acids is 1. The zero-order valence-electron chi connectivity index (χ0n) is 13.9. The maximum Gasteiger partial charge on any atom is 0.322 e. The number of halogens is 1. The van der Waals surface area contributed by atoms with Gasteiger partial charge in [-0.2, -0.15) is 0 Å². The first-order valence-electron chi connectivity index (χ1n) is 8.43. The molecule has 1 saturated heterocycles. The van der Waals surface area contributed by atoms with E-state index < -0.39 is 0 Å². The minimum absolute atomic E-state index is 0.140. The molecule has 5 nitrogen and oxygen atoms in total. The summed E-state index contributed by atoms with van der Waals surface area (Å²) in [5.74, 6) is -0.341. The number of rotatable bonds is 4. The van der Waals surface area contributed by atoms with E-state index in [4.69, 9.17) is 0 Å². The quantitative estimate of drug-likeness (QED) is 0.927. The number of nitrogens with one attached hydrogen (secondary N) is 1. The van der Waals surface area contributed by atoms with Crippen LogP contribution in [-0.2, 0) is 6.54 Å². The first-order valence-corrected chi connectivity index (χ1v) is 8.43. The van der Waals surface area contributed by atoms with Crippen molar-refractivity contribution < 1.29 is 9.18 Å². The highest BCUT2D eigenvalue weighted by molar-refractivity contribution is 5.90. The van der Waals surface area contributed by atoms with Crippen molar-refractivity contribution >= 4 is 11.7 Å². The maximum absolute atomic E-state index is 13.4. The number of anilines is 1. The second-order valence-electron chi connectivity index (χ2n) is 6.32. The predicted octanol–water partition coefficient (Wildman–Crippen LogP) is 3.81. The summed E-state index contributed by atoms with van der Waals surface area (Å²) in [5.41, 5.74) is 1.40. The molecule has 0 spiro atoms. The monoisotopic (exact) mass is 330 g/mol. The van der Waals surface area contributed by atoms with Gasteiger partial charge in [0.2, 0.25) is 0 Å². The first-order chi connectivity index (χ1) is 11.6. The summed E-state index contributed by atoms with van der Waals surface area (Å²) >= 11 is 0. The summed E-state index contributed by atoms with van der Waals surface area (Å²) in [7, 11) is 0. The lowest BCUT2D eigenvalue weighted by Gasteiger charge is -2.36. The molecule has 1 atom stereocenters. The number of aryl methyl sites for hydroxylation is 2. The van der Waals surface area contributed by atoms with E-state index in [2.05, 4.69) is 10.3 Å². The van der Waals surface area contributed by atoms with Crippen LogP contribution in [0.4, 0.5) is 14.9 Å². The Hall–Kier alpha value is -2.37. The van der Waals surface area contributed by atoms with E-state index in [1.54, 1.807) is 18.6 Å². The molecular formula is C18H23FN4O. The van der Waals surface area contributed by atoms with Crippen LogP contribution in [0.25, 0.3) is 0 Å². The van der Waals surface area contributed by atoms with Gasteiger partial charge in [-0.1, -0.05) is 6.07 Å². The zero-order chi connectivity index (χ0) is 16.9. The van der Waals surface area contributed by atoms with Crippen molar-refractivity contribution in [1.82, 2.24) is 14.5 Å². The first kappa shape index (κ1) is 16.5. The molecule has 1 aliphatic heterocycles. The largest absolute Gasteiger partial charge is 0.337 e. The number of piperidine rings is 1. The number of aromatic nitrogens is 2. The van der Waals surface area contributed by atoms with E-state index >= 15 is 0 Å². The van der Waals surface area contributed by atoms with Crippen molar-refractivity contribution in [3.8, 4) is 0 Å². The number of urea groups is 1. The van der Waals surface area contributed by atoms with E-state index in [9.17, 15) is 9.18 Å². The highest BCUT2D eigenvalue weighted by Gasteiger charge is 2.26. The number of imidazole rings is 1. The number of benzene rings is 1. The molecule has 1 aromatic carbocycles. The maximum atomic E-state index is 13.4. The topological polar surface area (TPSA) is 50.2 Å². The third-order valence-electron chi connectivity index (χ3n) is 4.61. The molecule has 1 fully saturated rings. The molecule has 24 heavy (non-hydrogen) atoms. The lowest BCUT2D eigenvalue weighted by molar-refractivity contribution is 0.155. The van der Waals surface area contributed by atoms with Crippen LogP contribution in [0.5, 0.6) is 0 Å². The molecule has 0 radical (unpaired) electrons. The van der Waals surface area contributed by atoms with Gasteiger partial charge in [0.1, 0.15) is 5.82 Å². The summed E-state index contributed by atoms with van der Waals surface area (Å²) < 4.78 is 15.4. The lowest BCUT2D eigenvalue weighted by Crippen LogP contribution is -2.46. The Morgan fingerprint density at radius 1 is 1.42 bits per heavy atom. The molecule has 1 aliphatic rings. The number of amides is 2. The fraction of sp³-hybridized carbons (Fsp3) is 0.444. The lowest BCUT2D eigenvalue weighted by atomic mass is 9.99. The summed E-state index contributed by atoms with van der Waals surface area (Å²) in [5, 5.41) is 2.87. The summed E-state index contributed by atoms with van der Waals surface area (Å²) in [6.07, 6.45) is 9.54. The molecule has 6 heteroatoms. The minimum Gasteiger partial charge on any atom is -0.337 e. The van der Waals surface area contributed by atoms with Crippen LogP contribution in [0, 0.1) is 12.7 Å².